The van der Waals surface area contributed by atoms with Gasteiger partial charge in [0, 0.05) is 55.7 Å². The lowest BCUT2D eigenvalue weighted by Crippen LogP contribution is -2.49. The SMILES string of the molecule is CCOc1ccc(C(=O)CCC(=O)N2CCN(c3ccc(Cl)cc3[N+](=O)[O-])CC2)cc1. The Hall–Kier alpha value is -3.13. The van der Waals surface area contributed by atoms with Crippen LogP contribution in [0.25, 0.3) is 0 Å². The van der Waals surface area contributed by atoms with E-state index >= 15 is 0 Å². The average molecular weight is 446 g/mol. The van der Waals surface area contributed by atoms with Gasteiger partial charge in [0.1, 0.15) is 11.4 Å². The lowest BCUT2D eigenvalue weighted by Gasteiger charge is -2.35. The molecule has 0 spiro atoms. The molecule has 0 aliphatic carbocycles. The van der Waals surface area contributed by atoms with Crippen LogP contribution >= 0.6 is 11.6 Å². The molecule has 1 aliphatic rings. The van der Waals surface area contributed by atoms with Crippen LogP contribution in [0.15, 0.2) is 42.5 Å². The fourth-order valence-corrected chi connectivity index (χ4v) is 3.70. The number of nitrogens with zero attached hydrogens (tertiary/aromatic N) is 3. The lowest BCUT2D eigenvalue weighted by molar-refractivity contribution is -0.384. The zero-order valence-electron chi connectivity index (χ0n) is 17.3. The summed E-state index contributed by atoms with van der Waals surface area (Å²) in [5, 5.41) is 11.6. The molecule has 0 bridgehead atoms. The van der Waals surface area contributed by atoms with Crippen molar-refractivity contribution in [1.82, 2.24) is 4.90 Å². The Morgan fingerprint density at radius 1 is 1.06 bits per heavy atom. The van der Waals surface area contributed by atoms with Crippen LogP contribution in [-0.4, -0.2) is 54.3 Å². The first-order valence-corrected chi connectivity index (χ1v) is 10.5. The van der Waals surface area contributed by atoms with Crippen LogP contribution in [0, 0.1) is 10.1 Å². The van der Waals surface area contributed by atoms with Crippen LogP contribution in [0.4, 0.5) is 11.4 Å². The van der Waals surface area contributed by atoms with Gasteiger partial charge in [-0.1, -0.05) is 11.6 Å². The third-order valence-electron chi connectivity index (χ3n) is 5.16. The van der Waals surface area contributed by atoms with E-state index in [1.165, 1.54) is 6.07 Å². The molecular weight excluding hydrogens is 422 g/mol. The van der Waals surface area contributed by atoms with Gasteiger partial charge < -0.3 is 14.5 Å². The number of ether oxygens (including phenoxy) is 1. The molecule has 0 aromatic heterocycles. The predicted octanol–water partition coefficient (Wildman–Crippen LogP) is 3.96. The van der Waals surface area contributed by atoms with E-state index in [2.05, 4.69) is 0 Å². The molecule has 1 aliphatic heterocycles. The topological polar surface area (TPSA) is 93.0 Å². The van der Waals surface area contributed by atoms with Crippen molar-refractivity contribution >= 4 is 34.7 Å². The Morgan fingerprint density at radius 3 is 2.35 bits per heavy atom. The van der Waals surface area contributed by atoms with Crippen LogP contribution < -0.4 is 9.64 Å². The number of piperazine rings is 1. The summed E-state index contributed by atoms with van der Waals surface area (Å²) in [6.45, 7) is 4.27. The summed E-state index contributed by atoms with van der Waals surface area (Å²) in [6, 6.07) is 11.5. The summed E-state index contributed by atoms with van der Waals surface area (Å²) in [5.74, 6) is 0.519. The van der Waals surface area contributed by atoms with Gasteiger partial charge in [-0.15, -0.1) is 0 Å². The van der Waals surface area contributed by atoms with Gasteiger partial charge in [0.25, 0.3) is 5.69 Å². The van der Waals surface area contributed by atoms with E-state index in [9.17, 15) is 19.7 Å². The molecule has 1 heterocycles. The highest BCUT2D eigenvalue weighted by atomic mass is 35.5. The molecule has 1 fully saturated rings. The third-order valence-corrected chi connectivity index (χ3v) is 5.40. The van der Waals surface area contributed by atoms with E-state index in [-0.39, 0.29) is 30.2 Å². The fraction of sp³-hybridized carbons (Fsp3) is 0.364. The van der Waals surface area contributed by atoms with Crippen molar-refractivity contribution < 1.29 is 19.2 Å². The number of nitro benzene ring substituents is 1. The van der Waals surface area contributed by atoms with E-state index in [1.807, 2.05) is 11.8 Å². The van der Waals surface area contributed by atoms with E-state index in [0.717, 1.165) is 0 Å². The molecule has 1 saturated heterocycles. The molecule has 0 unspecified atom stereocenters. The maximum absolute atomic E-state index is 12.5. The number of Topliss-reactive ketones (excluding diaryl/α,β-unsaturated/α-hetero) is 1. The van der Waals surface area contributed by atoms with Crippen molar-refractivity contribution in [3.8, 4) is 5.75 Å². The van der Waals surface area contributed by atoms with Gasteiger partial charge in [0.05, 0.1) is 11.5 Å². The highest BCUT2D eigenvalue weighted by molar-refractivity contribution is 6.30. The van der Waals surface area contributed by atoms with E-state index in [1.54, 1.807) is 41.3 Å². The van der Waals surface area contributed by atoms with Crippen molar-refractivity contribution in [3.63, 3.8) is 0 Å². The molecule has 9 heteroatoms. The van der Waals surface area contributed by atoms with Crippen LogP contribution in [-0.2, 0) is 4.79 Å². The largest absolute Gasteiger partial charge is 0.494 e. The molecule has 0 saturated carbocycles. The van der Waals surface area contributed by atoms with E-state index < -0.39 is 4.92 Å². The van der Waals surface area contributed by atoms with Gasteiger partial charge in [-0.25, -0.2) is 0 Å². The van der Waals surface area contributed by atoms with Crippen molar-refractivity contribution in [3.05, 3.63) is 63.2 Å². The zero-order chi connectivity index (χ0) is 22.4. The van der Waals surface area contributed by atoms with Crippen molar-refractivity contribution in [2.24, 2.45) is 0 Å². The van der Waals surface area contributed by atoms with Gasteiger partial charge in [0.15, 0.2) is 5.78 Å². The molecule has 31 heavy (non-hydrogen) atoms. The van der Waals surface area contributed by atoms with Gasteiger partial charge in [-0.3, -0.25) is 19.7 Å². The first kappa shape index (κ1) is 22.6. The zero-order valence-corrected chi connectivity index (χ0v) is 18.0. The maximum Gasteiger partial charge on any atom is 0.294 e. The Morgan fingerprint density at radius 2 is 1.74 bits per heavy atom. The molecule has 2 aromatic rings. The third kappa shape index (κ3) is 5.73. The number of ketones is 1. The second-order valence-corrected chi connectivity index (χ2v) is 7.57. The Kier molecular flexibility index (Phi) is 7.46. The Balaban J connectivity index is 1.51. The molecule has 0 atom stereocenters. The maximum atomic E-state index is 12.5. The van der Waals surface area contributed by atoms with Crippen molar-refractivity contribution in [2.45, 2.75) is 19.8 Å². The van der Waals surface area contributed by atoms with Gasteiger partial charge >= 0.3 is 0 Å². The molecule has 8 nitrogen and oxygen atoms in total. The van der Waals surface area contributed by atoms with Crippen LogP contribution in [0.2, 0.25) is 5.02 Å². The lowest BCUT2D eigenvalue weighted by atomic mass is 10.1. The summed E-state index contributed by atoms with van der Waals surface area (Å²) >= 11 is 5.88. The molecule has 3 rings (SSSR count). The molecule has 1 amide bonds. The summed E-state index contributed by atoms with van der Waals surface area (Å²) in [4.78, 5) is 39.4. The van der Waals surface area contributed by atoms with Crippen LogP contribution in [0.5, 0.6) is 5.75 Å². The molecule has 2 aromatic carbocycles. The number of rotatable bonds is 8. The monoisotopic (exact) mass is 445 g/mol. The number of carbonyl (C=O) groups excluding carboxylic acids is 2. The molecule has 0 N–H and O–H groups in total. The highest BCUT2D eigenvalue weighted by Crippen LogP contribution is 2.31. The minimum Gasteiger partial charge on any atom is -0.494 e. The first-order valence-electron chi connectivity index (χ1n) is 10.1. The minimum atomic E-state index is -0.453. The quantitative estimate of drug-likeness (QED) is 0.347. The number of halogens is 1. The predicted molar refractivity (Wildman–Crippen MR) is 118 cm³/mol. The van der Waals surface area contributed by atoms with Gasteiger partial charge in [-0.05, 0) is 43.3 Å². The number of carbonyl (C=O) groups is 2. The second-order valence-electron chi connectivity index (χ2n) is 7.14. The summed E-state index contributed by atoms with van der Waals surface area (Å²) in [6.07, 6.45) is 0.267. The molecular formula is C22H24ClN3O5. The second kappa shape index (κ2) is 10.3. The van der Waals surface area contributed by atoms with Crippen molar-refractivity contribution in [1.29, 1.82) is 0 Å². The van der Waals surface area contributed by atoms with E-state index in [0.29, 0.717) is 54.8 Å². The number of hydrogen-bond donors (Lipinski definition) is 0. The van der Waals surface area contributed by atoms with Crippen molar-refractivity contribution in [2.75, 3.05) is 37.7 Å². The van der Waals surface area contributed by atoms with Gasteiger partial charge in [-0.2, -0.15) is 0 Å². The van der Waals surface area contributed by atoms with E-state index in [4.69, 9.17) is 16.3 Å². The number of amides is 1. The normalized spacial score (nSPS) is 13.7. The Labute approximate surface area is 185 Å². The van der Waals surface area contributed by atoms with Crippen LogP contribution in [0.3, 0.4) is 0 Å². The number of nitro groups is 1. The highest BCUT2D eigenvalue weighted by Gasteiger charge is 2.26. The fourth-order valence-electron chi connectivity index (χ4n) is 3.53. The summed E-state index contributed by atoms with van der Waals surface area (Å²) in [7, 11) is 0. The van der Waals surface area contributed by atoms with Crippen LogP contribution in [0.1, 0.15) is 30.1 Å². The average Bonchev–Trinajstić information content (AvgIpc) is 2.78. The summed E-state index contributed by atoms with van der Waals surface area (Å²) < 4.78 is 5.37. The minimum absolute atomic E-state index is 0.0479. The summed E-state index contributed by atoms with van der Waals surface area (Å²) in [5.41, 5.74) is 0.997. The van der Waals surface area contributed by atoms with Gasteiger partial charge in [0.2, 0.25) is 5.91 Å². The smallest absolute Gasteiger partial charge is 0.294 e. The molecule has 164 valence electrons. The molecule has 0 radical (unpaired) electrons. The number of hydrogen-bond acceptors (Lipinski definition) is 6. The first-order chi connectivity index (χ1) is 14.9. The number of benzene rings is 2. The number of anilines is 1. The standard InChI is InChI=1S/C22H24ClN3O5/c1-2-31-18-6-3-16(4-7-18)21(27)9-10-22(28)25-13-11-24(12-14-25)19-8-5-17(23)15-20(19)26(29)30/h3-8,15H,2,9-14H2,1H3. The Bertz CT molecular complexity index is 956.